The van der Waals surface area contributed by atoms with Crippen LogP contribution in [0.25, 0.3) is 6.08 Å². The Morgan fingerprint density at radius 2 is 2.07 bits per heavy atom. The van der Waals surface area contributed by atoms with Crippen LogP contribution in [0.2, 0.25) is 0 Å². The maximum Gasteiger partial charge on any atom is 0.177 e. The molecule has 2 nitrogen and oxygen atoms in total. The first-order valence-electron chi connectivity index (χ1n) is 5.35. The molecule has 1 aromatic rings. The summed E-state index contributed by atoms with van der Waals surface area (Å²) in [5.41, 5.74) is 1.17. The second-order valence-corrected chi connectivity index (χ2v) is 3.74. The molecular weight excluding hydrogens is 188 g/mol. The van der Waals surface area contributed by atoms with Crippen molar-refractivity contribution in [2.24, 2.45) is 0 Å². The molecule has 0 radical (unpaired) electrons. The van der Waals surface area contributed by atoms with E-state index in [9.17, 15) is 0 Å². The van der Waals surface area contributed by atoms with E-state index in [1.807, 2.05) is 30.4 Å². The van der Waals surface area contributed by atoms with E-state index in [0.29, 0.717) is 6.10 Å². The minimum atomic E-state index is -0.186. The van der Waals surface area contributed by atoms with Crippen molar-refractivity contribution in [3.63, 3.8) is 0 Å². The van der Waals surface area contributed by atoms with Crippen LogP contribution in [0, 0.1) is 0 Å². The van der Waals surface area contributed by atoms with Crippen LogP contribution in [0.5, 0.6) is 0 Å². The van der Waals surface area contributed by atoms with Crippen LogP contribution < -0.4 is 0 Å². The zero-order valence-corrected chi connectivity index (χ0v) is 8.93. The molecule has 0 unspecified atom stereocenters. The Morgan fingerprint density at radius 3 is 2.80 bits per heavy atom. The van der Waals surface area contributed by atoms with Crippen molar-refractivity contribution in [3.05, 3.63) is 42.0 Å². The predicted octanol–water partition coefficient (Wildman–Crippen LogP) is 2.85. The molecule has 0 spiro atoms. The molecule has 15 heavy (non-hydrogen) atoms. The molecule has 0 amide bonds. The van der Waals surface area contributed by atoms with Gasteiger partial charge in [-0.3, -0.25) is 0 Å². The quantitative estimate of drug-likeness (QED) is 0.737. The predicted molar refractivity (Wildman–Crippen MR) is 60.4 cm³/mol. The van der Waals surface area contributed by atoms with Crippen molar-refractivity contribution < 1.29 is 9.47 Å². The molecular formula is C13H16O2. The first-order valence-corrected chi connectivity index (χ1v) is 5.35. The van der Waals surface area contributed by atoms with Crippen molar-refractivity contribution in [2.75, 3.05) is 6.61 Å². The van der Waals surface area contributed by atoms with Gasteiger partial charge in [-0.1, -0.05) is 36.4 Å². The number of rotatable bonds is 2. The molecule has 1 saturated heterocycles. The van der Waals surface area contributed by atoms with Crippen molar-refractivity contribution in [2.45, 2.75) is 25.7 Å². The molecule has 1 fully saturated rings. The van der Waals surface area contributed by atoms with Gasteiger partial charge in [-0.05, 0) is 25.0 Å². The molecule has 1 aromatic carbocycles. The summed E-state index contributed by atoms with van der Waals surface area (Å²) in [6.45, 7) is 2.86. The molecule has 2 rings (SSSR count). The summed E-state index contributed by atoms with van der Waals surface area (Å²) in [5.74, 6) is 0. The molecule has 80 valence electrons. The topological polar surface area (TPSA) is 18.5 Å². The third-order valence-electron chi connectivity index (χ3n) is 2.42. The zero-order valence-electron chi connectivity index (χ0n) is 8.93. The largest absolute Gasteiger partial charge is 0.349 e. The van der Waals surface area contributed by atoms with Crippen LogP contribution in [-0.2, 0) is 9.47 Å². The number of ether oxygens (including phenoxy) is 2. The van der Waals surface area contributed by atoms with Crippen molar-refractivity contribution in [1.82, 2.24) is 0 Å². The van der Waals surface area contributed by atoms with Crippen molar-refractivity contribution in [1.29, 1.82) is 0 Å². The summed E-state index contributed by atoms with van der Waals surface area (Å²) in [6, 6.07) is 10.2. The smallest absolute Gasteiger partial charge is 0.177 e. The normalized spacial score (nSPS) is 27.0. The molecule has 1 aliphatic heterocycles. The Balaban J connectivity index is 1.93. The van der Waals surface area contributed by atoms with Gasteiger partial charge in [0, 0.05) is 0 Å². The number of hydrogen-bond acceptors (Lipinski definition) is 2. The van der Waals surface area contributed by atoms with Gasteiger partial charge in [0.1, 0.15) is 0 Å². The minimum Gasteiger partial charge on any atom is -0.349 e. The number of benzene rings is 1. The van der Waals surface area contributed by atoms with E-state index in [1.165, 1.54) is 5.56 Å². The summed E-state index contributed by atoms with van der Waals surface area (Å²) in [6.07, 6.45) is 5.08. The Labute approximate surface area is 90.5 Å². The first-order chi connectivity index (χ1) is 7.34. The van der Waals surface area contributed by atoms with Crippen LogP contribution in [0.3, 0.4) is 0 Å². The van der Waals surface area contributed by atoms with Gasteiger partial charge in [0.05, 0.1) is 12.7 Å². The van der Waals surface area contributed by atoms with E-state index in [-0.39, 0.29) is 6.29 Å². The van der Waals surface area contributed by atoms with Gasteiger partial charge in [-0.15, -0.1) is 0 Å². The van der Waals surface area contributed by atoms with E-state index in [2.05, 4.69) is 19.1 Å². The van der Waals surface area contributed by atoms with Crippen LogP contribution in [0.1, 0.15) is 18.9 Å². The Bertz CT molecular complexity index is 319. The fraction of sp³-hybridized carbons (Fsp3) is 0.385. The minimum absolute atomic E-state index is 0.186. The third-order valence-corrected chi connectivity index (χ3v) is 2.42. The molecule has 2 atom stereocenters. The van der Waals surface area contributed by atoms with E-state index in [0.717, 1.165) is 13.0 Å². The Morgan fingerprint density at radius 1 is 1.27 bits per heavy atom. The van der Waals surface area contributed by atoms with E-state index in [1.54, 1.807) is 0 Å². The van der Waals surface area contributed by atoms with Crippen molar-refractivity contribution >= 4 is 6.08 Å². The lowest BCUT2D eigenvalue weighted by molar-refractivity contribution is -0.180. The van der Waals surface area contributed by atoms with Crippen LogP contribution in [0.4, 0.5) is 0 Å². The standard InChI is InChI=1S/C13H16O2/c1-11-9-10-14-13(15-11)8-7-12-5-3-2-4-6-12/h2-8,11,13H,9-10H2,1H3/b8-7+/t11-,13+/m1/s1. The molecule has 1 heterocycles. The summed E-state index contributed by atoms with van der Waals surface area (Å²) in [7, 11) is 0. The fourth-order valence-electron chi connectivity index (χ4n) is 1.54. The van der Waals surface area contributed by atoms with Crippen LogP contribution >= 0.6 is 0 Å². The van der Waals surface area contributed by atoms with Gasteiger partial charge in [-0.25, -0.2) is 0 Å². The molecule has 2 heteroatoms. The van der Waals surface area contributed by atoms with Gasteiger partial charge >= 0.3 is 0 Å². The fourth-order valence-corrected chi connectivity index (χ4v) is 1.54. The van der Waals surface area contributed by atoms with E-state index in [4.69, 9.17) is 9.47 Å². The van der Waals surface area contributed by atoms with E-state index < -0.39 is 0 Å². The highest BCUT2D eigenvalue weighted by atomic mass is 16.7. The monoisotopic (exact) mass is 204 g/mol. The lowest BCUT2D eigenvalue weighted by atomic mass is 10.2. The molecule has 0 N–H and O–H groups in total. The molecule has 0 saturated carbocycles. The molecule has 0 aliphatic carbocycles. The van der Waals surface area contributed by atoms with Crippen LogP contribution in [-0.4, -0.2) is 19.0 Å². The molecule has 1 aliphatic rings. The van der Waals surface area contributed by atoms with Gasteiger partial charge in [0.2, 0.25) is 0 Å². The number of hydrogen-bond donors (Lipinski definition) is 0. The summed E-state index contributed by atoms with van der Waals surface area (Å²) < 4.78 is 11.1. The molecule has 0 aromatic heterocycles. The van der Waals surface area contributed by atoms with Gasteiger partial charge < -0.3 is 9.47 Å². The zero-order chi connectivity index (χ0) is 10.5. The molecule has 0 bridgehead atoms. The second kappa shape index (κ2) is 5.10. The third kappa shape index (κ3) is 3.18. The summed E-state index contributed by atoms with van der Waals surface area (Å²) in [4.78, 5) is 0. The van der Waals surface area contributed by atoms with Crippen LogP contribution in [0.15, 0.2) is 36.4 Å². The lowest BCUT2D eigenvalue weighted by Crippen LogP contribution is -2.28. The SMILES string of the molecule is C[C@@H]1CCO[C@H](/C=C/c2ccccc2)O1. The van der Waals surface area contributed by atoms with Crippen molar-refractivity contribution in [3.8, 4) is 0 Å². The maximum atomic E-state index is 5.60. The second-order valence-electron chi connectivity index (χ2n) is 3.74. The highest BCUT2D eigenvalue weighted by molar-refractivity contribution is 5.48. The Hall–Kier alpha value is -1.12. The average Bonchev–Trinajstić information content (AvgIpc) is 2.28. The highest BCUT2D eigenvalue weighted by Gasteiger charge is 2.16. The van der Waals surface area contributed by atoms with Gasteiger partial charge in [0.25, 0.3) is 0 Å². The van der Waals surface area contributed by atoms with Gasteiger partial charge in [0.15, 0.2) is 6.29 Å². The Kier molecular flexibility index (Phi) is 3.54. The average molecular weight is 204 g/mol. The van der Waals surface area contributed by atoms with E-state index >= 15 is 0 Å². The first kappa shape index (κ1) is 10.4. The maximum absolute atomic E-state index is 5.60. The summed E-state index contributed by atoms with van der Waals surface area (Å²) in [5, 5.41) is 0. The highest BCUT2D eigenvalue weighted by Crippen LogP contribution is 2.14. The lowest BCUT2D eigenvalue weighted by Gasteiger charge is -2.25. The summed E-state index contributed by atoms with van der Waals surface area (Å²) >= 11 is 0. The van der Waals surface area contributed by atoms with Gasteiger partial charge in [-0.2, -0.15) is 0 Å².